The van der Waals surface area contributed by atoms with Crippen LogP contribution in [0.15, 0.2) is 48.5 Å². The SMILES string of the molecule is Cc1sc(Cc2ccc(Cl)cc2)nc1-c1ccc(OCCN2CCOCC2)cc1. The Bertz CT molecular complexity index is 919. The Morgan fingerprint density at radius 3 is 2.52 bits per heavy atom. The van der Waals surface area contributed by atoms with E-state index in [1.54, 1.807) is 11.3 Å². The maximum Gasteiger partial charge on any atom is 0.119 e. The number of aryl methyl sites for hydroxylation is 1. The maximum atomic E-state index is 5.98. The topological polar surface area (TPSA) is 34.6 Å². The van der Waals surface area contributed by atoms with E-state index in [1.165, 1.54) is 10.4 Å². The minimum absolute atomic E-state index is 0.695. The number of nitrogens with zero attached hydrogens (tertiary/aromatic N) is 2. The molecule has 1 fully saturated rings. The van der Waals surface area contributed by atoms with Gasteiger partial charge in [-0.2, -0.15) is 0 Å². The molecule has 2 aromatic carbocycles. The number of halogens is 1. The van der Waals surface area contributed by atoms with E-state index in [0.29, 0.717) is 6.61 Å². The van der Waals surface area contributed by atoms with Gasteiger partial charge in [0, 0.05) is 41.5 Å². The first-order chi connectivity index (χ1) is 14.2. The first-order valence-electron chi connectivity index (χ1n) is 9.91. The summed E-state index contributed by atoms with van der Waals surface area (Å²) in [4.78, 5) is 8.48. The van der Waals surface area contributed by atoms with Crippen LogP contribution in [0.2, 0.25) is 5.02 Å². The zero-order chi connectivity index (χ0) is 20.1. The van der Waals surface area contributed by atoms with Crippen LogP contribution in [-0.2, 0) is 11.2 Å². The first kappa shape index (κ1) is 20.4. The van der Waals surface area contributed by atoms with Crippen molar-refractivity contribution in [1.82, 2.24) is 9.88 Å². The number of rotatable bonds is 7. The highest BCUT2D eigenvalue weighted by Crippen LogP contribution is 2.30. The van der Waals surface area contributed by atoms with Crippen LogP contribution >= 0.6 is 22.9 Å². The van der Waals surface area contributed by atoms with Gasteiger partial charge in [0.1, 0.15) is 12.4 Å². The van der Waals surface area contributed by atoms with Gasteiger partial charge >= 0.3 is 0 Å². The highest BCUT2D eigenvalue weighted by Gasteiger charge is 2.12. The Balaban J connectivity index is 1.35. The van der Waals surface area contributed by atoms with Crippen molar-refractivity contribution in [3.05, 3.63) is 69.0 Å². The van der Waals surface area contributed by atoms with Crippen molar-refractivity contribution in [2.24, 2.45) is 0 Å². The second-order valence-electron chi connectivity index (χ2n) is 7.14. The Labute approximate surface area is 181 Å². The van der Waals surface area contributed by atoms with Crippen LogP contribution in [0.3, 0.4) is 0 Å². The molecule has 0 amide bonds. The summed E-state index contributed by atoms with van der Waals surface area (Å²) in [6, 6.07) is 16.2. The molecule has 1 aliphatic rings. The molecule has 4 rings (SSSR count). The smallest absolute Gasteiger partial charge is 0.119 e. The molecule has 2 heterocycles. The molecule has 3 aromatic rings. The minimum atomic E-state index is 0.695. The van der Waals surface area contributed by atoms with Gasteiger partial charge in [0.15, 0.2) is 0 Å². The molecule has 1 aromatic heterocycles. The third-order valence-corrected chi connectivity index (χ3v) is 6.24. The molecule has 152 valence electrons. The molecule has 1 saturated heterocycles. The highest BCUT2D eigenvalue weighted by molar-refractivity contribution is 7.12. The molecule has 0 aliphatic carbocycles. The third kappa shape index (κ3) is 5.58. The summed E-state index contributed by atoms with van der Waals surface area (Å²) in [5.74, 6) is 0.899. The highest BCUT2D eigenvalue weighted by atomic mass is 35.5. The van der Waals surface area contributed by atoms with Crippen LogP contribution in [0.25, 0.3) is 11.3 Å². The minimum Gasteiger partial charge on any atom is -0.492 e. The number of hydrogen-bond acceptors (Lipinski definition) is 5. The van der Waals surface area contributed by atoms with Crippen LogP contribution in [0.4, 0.5) is 0 Å². The van der Waals surface area contributed by atoms with Gasteiger partial charge in [0.05, 0.1) is 23.9 Å². The number of morpholine rings is 1. The largest absolute Gasteiger partial charge is 0.492 e. The van der Waals surface area contributed by atoms with E-state index in [2.05, 4.69) is 36.1 Å². The summed E-state index contributed by atoms with van der Waals surface area (Å²) < 4.78 is 11.3. The molecule has 0 radical (unpaired) electrons. The van der Waals surface area contributed by atoms with Crippen molar-refractivity contribution in [3.8, 4) is 17.0 Å². The number of hydrogen-bond donors (Lipinski definition) is 0. The van der Waals surface area contributed by atoms with Crippen LogP contribution in [0, 0.1) is 6.92 Å². The van der Waals surface area contributed by atoms with Crippen molar-refractivity contribution in [2.75, 3.05) is 39.5 Å². The summed E-state index contributed by atoms with van der Waals surface area (Å²) in [6.07, 6.45) is 0.825. The standard InChI is InChI=1S/C23H25ClN2O2S/c1-17-23(25-22(29-17)16-18-2-6-20(24)7-3-18)19-4-8-21(9-5-19)28-15-12-26-10-13-27-14-11-26/h2-9H,10-16H2,1H3. The van der Waals surface area contributed by atoms with Crippen LogP contribution in [0.5, 0.6) is 5.75 Å². The number of ether oxygens (including phenoxy) is 2. The molecular formula is C23H25ClN2O2S. The average Bonchev–Trinajstić information content (AvgIpc) is 3.11. The van der Waals surface area contributed by atoms with Gasteiger partial charge in [0.2, 0.25) is 0 Å². The summed E-state index contributed by atoms with van der Waals surface area (Å²) in [7, 11) is 0. The quantitative estimate of drug-likeness (QED) is 0.526. The number of benzene rings is 2. The fourth-order valence-corrected chi connectivity index (χ4v) is 4.51. The van der Waals surface area contributed by atoms with E-state index in [0.717, 1.165) is 66.3 Å². The van der Waals surface area contributed by atoms with Crippen molar-refractivity contribution in [3.63, 3.8) is 0 Å². The zero-order valence-corrected chi connectivity index (χ0v) is 18.1. The van der Waals surface area contributed by atoms with Gasteiger partial charge in [-0.3, -0.25) is 4.90 Å². The average molecular weight is 429 g/mol. The maximum absolute atomic E-state index is 5.98. The lowest BCUT2D eigenvalue weighted by Gasteiger charge is -2.26. The molecule has 4 nitrogen and oxygen atoms in total. The van der Waals surface area contributed by atoms with Gasteiger partial charge in [-0.25, -0.2) is 4.98 Å². The molecular weight excluding hydrogens is 404 g/mol. The Morgan fingerprint density at radius 2 is 1.79 bits per heavy atom. The Hall–Kier alpha value is -1.92. The number of aromatic nitrogens is 1. The van der Waals surface area contributed by atoms with E-state index in [9.17, 15) is 0 Å². The normalized spacial score (nSPS) is 14.8. The molecule has 1 aliphatic heterocycles. The predicted octanol–water partition coefficient (Wildman–Crippen LogP) is 5.07. The van der Waals surface area contributed by atoms with Crippen molar-refractivity contribution in [2.45, 2.75) is 13.3 Å². The molecule has 0 bridgehead atoms. The molecule has 6 heteroatoms. The molecule has 0 N–H and O–H groups in total. The van der Waals surface area contributed by atoms with Crippen molar-refractivity contribution >= 4 is 22.9 Å². The van der Waals surface area contributed by atoms with Gasteiger partial charge in [0.25, 0.3) is 0 Å². The van der Waals surface area contributed by atoms with Gasteiger partial charge < -0.3 is 9.47 Å². The summed E-state index contributed by atoms with van der Waals surface area (Å²) in [6.45, 7) is 7.38. The predicted molar refractivity (Wildman–Crippen MR) is 119 cm³/mol. The molecule has 0 atom stereocenters. The summed E-state index contributed by atoms with van der Waals surface area (Å²) >= 11 is 7.73. The van der Waals surface area contributed by atoms with E-state index in [-0.39, 0.29) is 0 Å². The molecule has 29 heavy (non-hydrogen) atoms. The zero-order valence-electron chi connectivity index (χ0n) is 16.6. The molecule has 0 spiro atoms. The fourth-order valence-electron chi connectivity index (χ4n) is 3.40. The van der Waals surface area contributed by atoms with Crippen LogP contribution < -0.4 is 4.74 Å². The second-order valence-corrected chi connectivity index (χ2v) is 8.87. The van der Waals surface area contributed by atoms with Crippen molar-refractivity contribution in [1.29, 1.82) is 0 Å². The van der Waals surface area contributed by atoms with Crippen molar-refractivity contribution < 1.29 is 9.47 Å². The lowest BCUT2D eigenvalue weighted by molar-refractivity contribution is 0.0322. The summed E-state index contributed by atoms with van der Waals surface area (Å²) in [5, 5.41) is 1.88. The lowest BCUT2D eigenvalue weighted by Crippen LogP contribution is -2.38. The van der Waals surface area contributed by atoms with E-state index in [4.69, 9.17) is 26.1 Å². The second kappa shape index (κ2) is 9.72. The van der Waals surface area contributed by atoms with Gasteiger partial charge in [-0.1, -0.05) is 23.7 Å². The van der Waals surface area contributed by atoms with E-state index < -0.39 is 0 Å². The van der Waals surface area contributed by atoms with Gasteiger partial charge in [-0.15, -0.1) is 11.3 Å². The fraction of sp³-hybridized carbons (Fsp3) is 0.348. The van der Waals surface area contributed by atoms with Crippen LogP contribution in [-0.4, -0.2) is 49.3 Å². The molecule has 0 saturated carbocycles. The molecule has 0 unspecified atom stereocenters. The lowest BCUT2D eigenvalue weighted by atomic mass is 10.1. The number of thiazole rings is 1. The summed E-state index contributed by atoms with van der Waals surface area (Å²) in [5.41, 5.74) is 3.40. The van der Waals surface area contributed by atoms with Gasteiger partial charge in [-0.05, 0) is 48.9 Å². The first-order valence-corrected chi connectivity index (χ1v) is 11.1. The third-order valence-electron chi connectivity index (χ3n) is 5.02. The van der Waals surface area contributed by atoms with E-state index in [1.807, 2.05) is 24.3 Å². The monoisotopic (exact) mass is 428 g/mol. The van der Waals surface area contributed by atoms with Crippen LogP contribution in [0.1, 0.15) is 15.4 Å². The van der Waals surface area contributed by atoms with E-state index >= 15 is 0 Å². The Kier molecular flexibility index (Phi) is 6.82. The Morgan fingerprint density at radius 1 is 1.07 bits per heavy atom.